The zero-order valence-corrected chi connectivity index (χ0v) is 13.0. The molecular formula is C16H34N2. The molecular weight excluding hydrogens is 220 g/mol. The molecule has 1 rings (SSSR count). The second-order valence-corrected chi connectivity index (χ2v) is 6.46. The van der Waals surface area contributed by atoms with Crippen LogP contribution in [0.2, 0.25) is 0 Å². The summed E-state index contributed by atoms with van der Waals surface area (Å²) in [7, 11) is 2.33. The number of nitrogens with two attached hydrogens (primary N) is 1. The van der Waals surface area contributed by atoms with E-state index in [-0.39, 0.29) is 5.54 Å². The molecule has 2 N–H and O–H groups in total. The summed E-state index contributed by atoms with van der Waals surface area (Å²) < 4.78 is 0. The average Bonchev–Trinajstić information content (AvgIpc) is 2.37. The number of likely N-dealkylation sites (N-methyl/N-ethyl adjacent to an activating group) is 1. The Labute approximate surface area is 114 Å². The Hall–Kier alpha value is -0.0800. The lowest BCUT2D eigenvalue weighted by Gasteiger charge is -2.47. The minimum absolute atomic E-state index is 0.255. The Balaban J connectivity index is 2.76. The van der Waals surface area contributed by atoms with Crippen molar-refractivity contribution in [2.24, 2.45) is 11.7 Å². The Morgan fingerprint density at radius 3 is 2.22 bits per heavy atom. The highest BCUT2D eigenvalue weighted by atomic mass is 15.2. The van der Waals surface area contributed by atoms with Crippen molar-refractivity contribution in [3.05, 3.63) is 0 Å². The summed E-state index contributed by atoms with van der Waals surface area (Å²) >= 11 is 0. The first-order valence-corrected chi connectivity index (χ1v) is 8.02. The summed E-state index contributed by atoms with van der Waals surface area (Å²) in [6, 6.07) is 0.760. The van der Waals surface area contributed by atoms with Crippen LogP contribution in [0.25, 0.3) is 0 Å². The quantitative estimate of drug-likeness (QED) is 0.749. The van der Waals surface area contributed by atoms with Gasteiger partial charge in [0.2, 0.25) is 0 Å². The molecule has 0 bridgehead atoms. The van der Waals surface area contributed by atoms with Gasteiger partial charge in [0.15, 0.2) is 0 Å². The fraction of sp³-hybridized carbons (Fsp3) is 1.00. The SMILES string of the molecule is CCCC(CN)(CCC)N(C)C1CCCC(C)C1. The first-order valence-electron chi connectivity index (χ1n) is 8.02. The molecule has 0 saturated heterocycles. The maximum atomic E-state index is 6.18. The van der Waals surface area contributed by atoms with Gasteiger partial charge >= 0.3 is 0 Å². The molecule has 2 unspecified atom stereocenters. The number of hydrogen-bond acceptors (Lipinski definition) is 2. The highest BCUT2D eigenvalue weighted by molar-refractivity contribution is 4.94. The molecule has 2 atom stereocenters. The normalized spacial score (nSPS) is 25.7. The lowest BCUT2D eigenvalue weighted by Crippen LogP contribution is -2.56. The Bertz CT molecular complexity index is 221. The molecule has 2 nitrogen and oxygen atoms in total. The Morgan fingerprint density at radius 1 is 1.17 bits per heavy atom. The third kappa shape index (κ3) is 3.71. The van der Waals surface area contributed by atoms with Gasteiger partial charge < -0.3 is 5.73 Å². The van der Waals surface area contributed by atoms with Gasteiger partial charge in [0.1, 0.15) is 0 Å². The first-order chi connectivity index (χ1) is 8.59. The van der Waals surface area contributed by atoms with E-state index in [4.69, 9.17) is 5.73 Å². The van der Waals surface area contributed by atoms with Gasteiger partial charge in [-0.25, -0.2) is 0 Å². The van der Waals surface area contributed by atoms with Crippen LogP contribution in [-0.2, 0) is 0 Å². The van der Waals surface area contributed by atoms with Crippen molar-refractivity contribution in [2.75, 3.05) is 13.6 Å². The largest absolute Gasteiger partial charge is 0.329 e. The predicted molar refractivity (Wildman–Crippen MR) is 80.8 cm³/mol. The van der Waals surface area contributed by atoms with Gasteiger partial charge in [0, 0.05) is 18.1 Å². The maximum absolute atomic E-state index is 6.18. The number of nitrogens with zero attached hydrogens (tertiary/aromatic N) is 1. The first kappa shape index (κ1) is 16.0. The van der Waals surface area contributed by atoms with Crippen LogP contribution in [0.15, 0.2) is 0 Å². The van der Waals surface area contributed by atoms with Gasteiger partial charge in [-0.05, 0) is 38.6 Å². The van der Waals surface area contributed by atoms with Crippen LogP contribution >= 0.6 is 0 Å². The van der Waals surface area contributed by atoms with Gasteiger partial charge in [-0.3, -0.25) is 4.90 Å². The molecule has 0 aromatic rings. The molecule has 108 valence electrons. The molecule has 1 fully saturated rings. The Kier molecular flexibility index (Phi) is 6.65. The van der Waals surface area contributed by atoms with Crippen LogP contribution in [0.3, 0.4) is 0 Å². The van der Waals surface area contributed by atoms with Crippen LogP contribution in [0.4, 0.5) is 0 Å². The van der Waals surface area contributed by atoms with Crippen LogP contribution in [-0.4, -0.2) is 30.1 Å². The molecule has 0 aliphatic heterocycles. The molecule has 2 heteroatoms. The molecule has 0 aromatic heterocycles. The fourth-order valence-electron chi connectivity index (χ4n) is 3.90. The van der Waals surface area contributed by atoms with Gasteiger partial charge in [-0.1, -0.05) is 46.5 Å². The van der Waals surface area contributed by atoms with Crippen molar-refractivity contribution in [2.45, 2.75) is 83.7 Å². The second kappa shape index (κ2) is 7.49. The zero-order valence-electron chi connectivity index (χ0n) is 13.0. The monoisotopic (exact) mass is 254 g/mol. The van der Waals surface area contributed by atoms with Gasteiger partial charge in [-0.15, -0.1) is 0 Å². The van der Waals surface area contributed by atoms with Crippen LogP contribution in [0.5, 0.6) is 0 Å². The summed E-state index contributed by atoms with van der Waals surface area (Å²) in [5.41, 5.74) is 6.44. The van der Waals surface area contributed by atoms with Crippen molar-refractivity contribution >= 4 is 0 Å². The van der Waals surface area contributed by atoms with Gasteiger partial charge in [0.25, 0.3) is 0 Å². The minimum atomic E-state index is 0.255. The van der Waals surface area contributed by atoms with E-state index in [1.807, 2.05) is 0 Å². The molecule has 0 spiro atoms. The van der Waals surface area contributed by atoms with E-state index in [0.717, 1.165) is 18.5 Å². The molecule has 0 amide bonds. The smallest absolute Gasteiger partial charge is 0.0331 e. The third-order valence-corrected chi connectivity index (χ3v) is 5.02. The summed E-state index contributed by atoms with van der Waals surface area (Å²) in [6.45, 7) is 7.80. The second-order valence-electron chi connectivity index (χ2n) is 6.46. The average molecular weight is 254 g/mol. The molecule has 0 aromatic carbocycles. The van der Waals surface area contributed by atoms with Crippen molar-refractivity contribution in [3.8, 4) is 0 Å². The van der Waals surface area contributed by atoms with E-state index >= 15 is 0 Å². The van der Waals surface area contributed by atoms with Crippen LogP contribution in [0, 0.1) is 5.92 Å². The van der Waals surface area contributed by atoms with Gasteiger partial charge in [0.05, 0.1) is 0 Å². The zero-order chi connectivity index (χ0) is 13.6. The molecule has 0 heterocycles. The highest BCUT2D eigenvalue weighted by Gasteiger charge is 2.36. The predicted octanol–water partition coefficient (Wildman–Crippen LogP) is 3.79. The van der Waals surface area contributed by atoms with E-state index in [1.165, 1.54) is 51.4 Å². The summed E-state index contributed by atoms with van der Waals surface area (Å²) in [5, 5.41) is 0. The van der Waals surface area contributed by atoms with Crippen molar-refractivity contribution in [3.63, 3.8) is 0 Å². The lowest BCUT2D eigenvalue weighted by atomic mass is 9.81. The molecule has 1 aliphatic carbocycles. The van der Waals surface area contributed by atoms with E-state index in [1.54, 1.807) is 0 Å². The summed E-state index contributed by atoms with van der Waals surface area (Å²) in [6.07, 6.45) is 10.5. The van der Waals surface area contributed by atoms with E-state index in [9.17, 15) is 0 Å². The summed E-state index contributed by atoms with van der Waals surface area (Å²) in [4.78, 5) is 2.66. The topological polar surface area (TPSA) is 29.3 Å². The molecule has 0 radical (unpaired) electrons. The highest BCUT2D eigenvalue weighted by Crippen LogP contribution is 2.34. The van der Waals surface area contributed by atoms with Crippen molar-refractivity contribution < 1.29 is 0 Å². The molecule has 1 aliphatic rings. The minimum Gasteiger partial charge on any atom is -0.329 e. The maximum Gasteiger partial charge on any atom is 0.0331 e. The van der Waals surface area contributed by atoms with Crippen molar-refractivity contribution in [1.29, 1.82) is 0 Å². The van der Waals surface area contributed by atoms with Gasteiger partial charge in [-0.2, -0.15) is 0 Å². The van der Waals surface area contributed by atoms with E-state index in [0.29, 0.717) is 0 Å². The fourth-order valence-corrected chi connectivity index (χ4v) is 3.90. The number of hydrogen-bond donors (Lipinski definition) is 1. The van der Waals surface area contributed by atoms with Crippen LogP contribution in [0.1, 0.15) is 72.1 Å². The lowest BCUT2D eigenvalue weighted by molar-refractivity contribution is 0.0332. The standard InChI is InChI=1S/C16H34N2/c1-5-10-16(13-17,11-6-2)18(4)15-9-7-8-14(3)12-15/h14-15H,5-13,17H2,1-4H3. The molecule has 18 heavy (non-hydrogen) atoms. The van der Waals surface area contributed by atoms with Crippen molar-refractivity contribution in [1.82, 2.24) is 4.90 Å². The van der Waals surface area contributed by atoms with E-state index in [2.05, 4.69) is 32.7 Å². The van der Waals surface area contributed by atoms with Crippen LogP contribution < -0.4 is 5.73 Å². The molecule has 1 saturated carbocycles. The summed E-state index contributed by atoms with van der Waals surface area (Å²) in [5.74, 6) is 0.893. The third-order valence-electron chi connectivity index (χ3n) is 5.02. The Morgan fingerprint density at radius 2 is 1.78 bits per heavy atom. The number of rotatable bonds is 7. The van der Waals surface area contributed by atoms with E-state index < -0.39 is 0 Å².